The number of hydrogen-bond acceptors (Lipinski definition) is 1. The van der Waals surface area contributed by atoms with Crippen LogP contribution in [0, 0.1) is 6.07 Å². The number of aromatic nitrogens is 1. The quantitative estimate of drug-likeness (QED) is 0.689. The maximum Gasteiger partial charge on any atom is 0.265 e. The zero-order chi connectivity index (χ0) is 9.42. The van der Waals surface area contributed by atoms with Crippen LogP contribution in [0.25, 0.3) is 10.9 Å². The number of carbonyl (C=O) groups is 1. The van der Waals surface area contributed by atoms with Crippen molar-refractivity contribution >= 4 is 16.8 Å². The molecule has 0 aliphatic rings. The van der Waals surface area contributed by atoms with Crippen LogP contribution in [0.5, 0.6) is 0 Å². The van der Waals surface area contributed by atoms with Crippen molar-refractivity contribution in [1.29, 1.82) is 0 Å². The van der Waals surface area contributed by atoms with E-state index in [-0.39, 0.29) is 0 Å². The number of nitrogens with two attached hydrogens (primary N) is 1. The van der Waals surface area contributed by atoms with E-state index >= 15 is 0 Å². The van der Waals surface area contributed by atoms with Crippen LogP contribution < -0.4 is 5.73 Å². The summed E-state index contributed by atoms with van der Waals surface area (Å²) in [5.74, 6) is -0.404. The maximum atomic E-state index is 11.0. The van der Waals surface area contributed by atoms with Gasteiger partial charge < -0.3 is 10.3 Å². The molecule has 13 heavy (non-hydrogen) atoms. The van der Waals surface area contributed by atoms with Gasteiger partial charge in [0.05, 0.1) is 0 Å². The first kappa shape index (κ1) is 7.86. The molecule has 2 rings (SSSR count). The summed E-state index contributed by atoms with van der Waals surface area (Å²) in [4.78, 5) is 11.0. The Hall–Kier alpha value is -1.77. The van der Waals surface area contributed by atoms with Crippen molar-refractivity contribution in [3.05, 3.63) is 36.0 Å². The highest BCUT2D eigenvalue weighted by molar-refractivity contribution is 5.97. The third-order valence-corrected chi connectivity index (χ3v) is 2.14. The van der Waals surface area contributed by atoms with E-state index in [0.29, 0.717) is 5.69 Å². The van der Waals surface area contributed by atoms with Gasteiger partial charge in [0.1, 0.15) is 5.69 Å². The van der Waals surface area contributed by atoms with Crippen molar-refractivity contribution in [3.63, 3.8) is 0 Å². The molecule has 0 bridgehead atoms. The fraction of sp³-hybridized carbons (Fsp3) is 0.100. The molecule has 1 amide bonds. The molecule has 0 fully saturated rings. The number of primary amides is 1. The first-order chi connectivity index (χ1) is 6.20. The summed E-state index contributed by atoms with van der Waals surface area (Å²) in [6.45, 7) is 0. The summed E-state index contributed by atoms with van der Waals surface area (Å²) in [5.41, 5.74) is 6.72. The monoisotopic (exact) mass is 173 g/mol. The molecular formula is C10H9N2O. The molecule has 3 nitrogen and oxygen atoms in total. The molecule has 1 heterocycles. The van der Waals surface area contributed by atoms with E-state index in [2.05, 4.69) is 6.07 Å². The zero-order valence-electron chi connectivity index (χ0n) is 7.24. The van der Waals surface area contributed by atoms with Crippen LogP contribution >= 0.6 is 0 Å². The van der Waals surface area contributed by atoms with Gasteiger partial charge in [0.15, 0.2) is 0 Å². The molecule has 0 saturated carbocycles. The summed E-state index contributed by atoms with van der Waals surface area (Å²) in [5, 5.41) is 0.985. The lowest BCUT2D eigenvalue weighted by Gasteiger charge is -1.98. The molecule has 0 atom stereocenters. The van der Waals surface area contributed by atoms with Gasteiger partial charge in [-0.1, -0.05) is 6.07 Å². The van der Waals surface area contributed by atoms with Gasteiger partial charge in [-0.15, -0.1) is 0 Å². The van der Waals surface area contributed by atoms with E-state index < -0.39 is 5.91 Å². The highest BCUT2D eigenvalue weighted by atomic mass is 16.1. The molecule has 0 unspecified atom stereocenters. The van der Waals surface area contributed by atoms with Gasteiger partial charge in [-0.25, -0.2) is 0 Å². The lowest BCUT2D eigenvalue weighted by atomic mass is 10.2. The van der Waals surface area contributed by atoms with Gasteiger partial charge in [-0.2, -0.15) is 0 Å². The number of hydrogen-bond donors (Lipinski definition) is 1. The van der Waals surface area contributed by atoms with Crippen LogP contribution in [0.15, 0.2) is 24.3 Å². The van der Waals surface area contributed by atoms with Crippen molar-refractivity contribution in [3.8, 4) is 0 Å². The Morgan fingerprint density at radius 2 is 2.38 bits per heavy atom. The summed E-state index contributed by atoms with van der Waals surface area (Å²) in [6, 6.07) is 10.3. The van der Waals surface area contributed by atoms with Gasteiger partial charge >= 0.3 is 0 Å². The third kappa shape index (κ3) is 1.09. The second-order valence-corrected chi connectivity index (χ2v) is 2.94. The van der Waals surface area contributed by atoms with Crippen LogP contribution in [0.4, 0.5) is 0 Å². The number of aryl methyl sites for hydroxylation is 1. The third-order valence-electron chi connectivity index (χ3n) is 2.14. The fourth-order valence-electron chi connectivity index (χ4n) is 1.47. The standard InChI is InChI=1S/C10H9N2O/c1-12-8-5-3-2-4-7(8)6-9(12)10(11)13/h3-6H,1H3,(H2,11,13). The molecule has 1 aromatic heterocycles. The average Bonchev–Trinajstić information content (AvgIpc) is 2.45. The SMILES string of the molecule is Cn1c(C(N)=O)cc2c[c]ccc21. The smallest absolute Gasteiger partial charge is 0.265 e. The van der Waals surface area contributed by atoms with Crippen LogP contribution in [-0.2, 0) is 7.05 Å². The van der Waals surface area contributed by atoms with E-state index in [1.165, 1.54) is 0 Å². The number of fused-ring (bicyclic) bond motifs is 1. The first-order valence-electron chi connectivity index (χ1n) is 3.95. The van der Waals surface area contributed by atoms with Gasteiger partial charge in [0.2, 0.25) is 0 Å². The Bertz CT molecular complexity index is 471. The molecule has 1 aromatic carbocycles. The molecule has 1 radical (unpaired) electrons. The number of amides is 1. The van der Waals surface area contributed by atoms with Crippen molar-refractivity contribution in [2.45, 2.75) is 0 Å². The summed E-state index contributed by atoms with van der Waals surface area (Å²) >= 11 is 0. The second kappa shape index (κ2) is 2.62. The van der Waals surface area contributed by atoms with Crippen LogP contribution in [0.1, 0.15) is 10.5 Å². The minimum absolute atomic E-state index is 0.404. The zero-order valence-corrected chi connectivity index (χ0v) is 7.24. The highest BCUT2D eigenvalue weighted by Gasteiger charge is 2.08. The average molecular weight is 173 g/mol. The van der Waals surface area contributed by atoms with E-state index in [1.54, 1.807) is 10.6 Å². The predicted molar refractivity (Wildman–Crippen MR) is 50.3 cm³/mol. The number of benzene rings is 1. The minimum Gasteiger partial charge on any atom is -0.364 e. The van der Waals surface area contributed by atoms with E-state index in [1.807, 2.05) is 25.2 Å². The Balaban J connectivity index is 2.81. The normalized spacial score (nSPS) is 10.5. The Labute approximate surface area is 75.8 Å². The molecule has 0 spiro atoms. The lowest BCUT2D eigenvalue weighted by Crippen LogP contribution is -2.14. The van der Waals surface area contributed by atoms with Crippen molar-refractivity contribution in [2.24, 2.45) is 12.8 Å². The molecule has 0 aliphatic carbocycles. The molecule has 3 heteroatoms. The first-order valence-corrected chi connectivity index (χ1v) is 3.95. The largest absolute Gasteiger partial charge is 0.364 e. The van der Waals surface area contributed by atoms with Crippen LogP contribution in [-0.4, -0.2) is 10.5 Å². The molecule has 2 N–H and O–H groups in total. The van der Waals surface area contributed by atoms with Gasteiger partial charge in [0.25, 0.3) is 5.91 Å². The Morgan fingerprint density at radius 1 is 1.62 bits per heavy atom. The van der Waals surface area contributed by atoms with Crippen molar-refractivity contribution in [1.82, 2.24) is 4.57 Å². The second-order valence-electron chi connectivity index (χ2n) is 2.94. The van der Waals surface area contributed by atoms with E-state index in [4.69, 9.17) is 5.73 Å². The van der Waals surface area contributed by atoms with Gasteiger partial charge in [0, 0.05) is 18.0 Å². The van der Waals surface area contributed by atoms with Gasteiger partial charge in [-0.3, -0.25) is 4.79 Å². The van der Waals surface area contributed by atoms with Crippen LogP contribution in [0.3, 0.4) is 0 Å². The van der Waals surface area contributed by atoms with Crippen molar-refractivity contribution < 1.29 is 4.79 Å². The summed E-state index contributed by atoms with van der Waals surface area (Å²) < 4.78 is 1.78. The molecule has 0 aliphatic heterocycles. The lowest BCUT2D eigenvalue weighted by molar-refractivity contribution is 0.0993. The van der Waals surface area contributed by atoms with E-state index in [9.17, 15) is 4.79 Å². The predicted octanol–water partition coefficient (Wildman–Crippen LogP) is 1.08. The van der Waals surface area contributed by atoms with E-state index in [0.717, 1.165) is 10.9 Å². The Morgan fingerprint density at radius 3 is 3.00 bits per heavy atom. The topological polar surface area (TPSA) is 48.0 Å². The number of carbonyl (C=O) groups excluding carboxylic acids is 1. The molecule has 0 saturated heterocycles. The Kier molecular flexibility index (Phi) is 1.59. The molecular weight excluding hydrogens is 164 g/mol. The molecule has 65 valence electrons. The maximum absolute atomic E-state index is 11.0. The number of nitrogens with zero attached hydrogens (tertiary/aromatic N) is 1. The van der Waals surface area contributed by atoms with Crippen molar-refractivity contribution in [2.75, 3.05) is 0 Å². The fourth-order valence-corrected chi connectivity index (χ4v) is 1.47. The number of rotatable bonds is 1. The summed E-state index contributed by atoms with van der Waals surface area (Å²) in [7, 11) is 1.82. The minimum atomic E-state index is -0.404. The van der Waals surface area contributed by atoms with Crippen LogP contribution in [0.2, 0.25) is 0 Å². The summed E-state index contributed by atoms with van der Waals surface area (Å²) in [6.07, 6.45) is 0. The molecule has 2 aromatic rings. The van der Waals surface area contributed by atoms with Gasteiger partial charge in [-0.05, 0) is 24.3 Å². The highest BCUT2D eigenvalue weighted by Crippen LogP contribution is 2.17.